The van der Waals surface area contributed by atoms with Crippen LogP contribution in [0.3, 0.4) is 0 Å². The van der Waals surface area contributed by atoms with Crippen molar-refractivity contribution in [3.63, 3.8) is 0 Å². The van der Waals surface area contributed by atoms with Gasteiger partial charge in [-0.15, -0.1) is 0 Å². The summed E-state index contributed by atoms with van der Waals surface area (Å²) in [6, 6.07) is 13.9. The maximum Gasteiger partial charge on any atom is 0.387 e. The van der Waals surface area contributed by atoms with Gasteiger partial charge in [-0.25, -0.2) is 0 Å². The summed E-state index contributed by atoms with van der Waals surface area (Å²) in [4.78, 5) is -0.106. The molecule has 0 spiro atoms. The predicted octanol–water partition coefficient (Wildman–Crippen LogP) is 5.43. The van der Waals surface area contributed by atoms with Crippen molar-refractivity contribution >= 4 is 27.5 Å². The molecule has 0 saturated heterocycles. The molecule has 0 heterocycles. The summed E-state index contributed by atoms with van der Waals surface area (Å²) in [6.07, 6.45) is 0. The van der Waals surface area contributed by atoms with E-state index in [0.29, 0.717) is 5.02 Å². The average molecular weight is 348 g/mol. The highest BCUT2D eigenvalue weighted by molar-refractivity contribution is 9.09. The van der Waals surface area contributed by atoms with Gasteiger partial charge in [-0.1, -0.05) is 51.8 Å². The zero-order valence-corrected chi connectivity index (χ0v) is 12.0. The van der Waals surface area contributed by atoms with E-state index in [9.17, 15) is 8.78 Å². The molecule has 1 unspecified atom stereocenters. The molecule has 2 aromatic carbocycles. The molecule has 2 aromatic rings. The zero-order valence-electron chi connectivity index (χ0n) is 9.69. The van der Waals surface area contributed by atoms with Gasteiger partial charge in [-0.05, 0) is 35.4 Å². The Morgan fingerprint density at radius 1 is 1.00 bits per heavy atom. The molecule has 0 aliphatic rings. The summed E-state index contributed by atoms with van der Waals surface area (Å²) in [5, 5.41) is 0.651. The minimum absolute atomic E-state index is 0.106. The second-order valence-electron chi connectivity index (χ2n) is 3.87. The van der Waals surface area contributed by atoms with Crippen LogP contribution in [-0.2, 0) is 0 Å². The van der Waals surface area contributed by atoms with Gasteiger partial charge in [0.2, 0.25) is 0 Å². The maximum absolute atomic E-state index is 12.2. The fourth-order valence-electron chi connectivity index (χ4n) is 1.67. The number of hydrogen-bond acceptors (Lipinski definition) is 1. The Morgan fingerprint density at radius 2 is 1.68 bits per heavy atom. The smallest absolute Gasteiger partial charge is 0.387 e. The summed E-state index contributed by atoms with van der Waals surface area (Å²) in [6.45, 7) is -2.82. The lowest BCUT2D eigenvalue weighted by molar-refractivity contribution is -0.0498. The first kappa shape index (κ1) is 14.3. The quantitative estimate of drug-likeness (QED) is 0.671. The van der Waals surface area contributed by atoms with Crippen molar-refractivity contribution in [2.24, 2.45) is 0 Å². The molecule has 0 aliphatic carbocycles. The number of hydrogen-bond donors (Lipinski definition) is 0. The van der Waals surface area contributed by atoms with E-state index in [2.05, 4.69) is 20.7 Å². The Bertz CT molecular complexity index is 545. The molecule has 2 rings (SSSR count). The van der Waals surface area contributed by atoms with Gasteiger partial charge in [0.25, 0.3) is 0 Å². The van der Waals surface area contributed by atoms with Gasteiger partial charge in [0, 0.05) is 5.02 Å². The van der Waals surface area contributed by atoms with Crippen LogP contribution in [0, 0.1) is 0 Å². The van der Waals surface area contributed by atoms with E-state index in [-0.39, 0.29) is 10.6 Å². The van der Waals surface area contributed by atoms with Crippen LogP contribution in [0.1, 0.15) is 16.0 Å². The minimum Gasteiger partial charge on any atom is -0.435 e. The van der Waals surface area contributed by atoms with E-state index in [1.54, 1.807) is 24.3 Å². The molecule has 1 nitrogen and oxygen atoms in total. The SMILES string of the molecule is FC(F)Oc1cccc(C(Br)c2ccc(Cl)cc2)c1. The van der Waals surface area contributed by atoms with Gasteiger partial charge < -0.3 is 4.74 Å². The van der Waals surface area contributed by atoms with Crippen molar-refractivity contribution < 1.29 is 13.5 Å². The van der Waals surface area contributed by atoms with Crippen molar-refractivity contribution in [3.8, 4) is 5.75 Å². The summed E-state index contributed by atoms with van der Waals surface area (Å²) in [7, 11) is 0. The summed E-state index contributed by atoms with van der Waals surface area (Å²) in [5.41, 5.74) is 1.82. The van der Waals surface area contributed by atoms with Crippen LogP contribution in [0.15, 0.2) is 48.5 Å². The van der Waals surface area contributed by atoms with E-state index in [4.69, 9.17) is 11.6 Å². The highest BCUT2D eigenvalue weighted by Crippen LogP contribution is 2.33. The zero-order chi connectivity index (χ0) is 13.8. The lowest BCUT2D eigenvalue weighted by Gasteiger charge is -2.12. The van der Waals surface area contributed by atoms with Gasteiger partial charge in [0.05, 0.1) is 4.83 Å². The number of rotatable bonds is 4. The molecule has 0 radical (unpaired) electrons. The van der Waals surface area contributed by atoms with Gasteiger partial charge in [-0.3, -0.25) is 0 Å². The third kappa shape index (κ3) is 3.91. The molecule has 1 atom stereocenters. The Hall–Kier alpha value is -1.13. The van der Waals surface area contributed by atoms with E-state index in [1.807, 2.05) is 18.2 Å². The Kier molecular flexibility index (Phi) is 4.77. The lowest BCUT2D eigenvalue weighted by atomic mass is 10.0. The van der Waals surface area contributed by atoms with Crippen LogP contribution < -0.4 is 4.74 Å². The van der Waals surface area contributed by atoms with Crippen molar-refractivity contribution in [1.82, 2.24) is 0 Å². The van der Waals surface area contributed by atoms with E-state index in [0.717, 1.165) is 11.1 Å². The highest BCUT2D eigenvalue weighted by atomic mass is 79.9. The molecule has 0 bridgehead atoms. The van der Waals surface area contributed by atoms with Crippen LogP contribution in [0.25, 0.3) is 0 Å². The van der Waals surface area contributed by atoms with Crippen molar-refractivity contribution in [1.29, 1.82) is 0 Å². The van der Waals surface area contributed by atoms with E-state index >= 15 is 0 Å². The number of alkyl halides is 3. The largest absolute Gasteiger partial charge is 0.435 e. The first-order valence-electron chi connectivity index (χ1n) is 5.50. The first-order chi connectivity index (χ1) is 9.06. The summed E-state index contributed by atoms with van der Waals surface area (Å²) < 4.78 is 28.7. The van der Waals surface area contributed by atoms with Crippen LogP contribution >= 0.6 is 27.5 Å². The van der Waals surface area contributed by atoms with Gasteiger partial charge in [0.15, 0.2) is 0 Å². The highest BCUT2D eigenvalue weighted by Gasteiger charge is 2.12. The molecule has 0 amide bonds. The number of benzene rings is 2. The third-order valence-corrected chi connectivity index (χ3v) is 3.85. The fourth-order valence-corrected chi connectivity index (χ4v) is 2.39. The van der Waals surface area contributed by atoms with Crippen LogP contribution in [0.4, 0.5) is 8.78 Å². The fraction of sp³-hybridized carbons (Fsp3) is 0.143. The van der Waals surface area contributed by atoms with Gasteiger partial charge in [-0.2, -0.15) is 8.78 Å². The second-order valence-corrected chi connectivity index (χ2v) is 5.22. The van der Waals surface area contributed by atoms with Crippen LogP contribution in [0.2, 0.25) is 5.02 Å². The molecule has 100 valence electrons. The van der Waals surface area contributed by atoms with E-state index in [1.165, 1.54) is 6.07 Å². The molecule has 19 heavy (non-hydrogen) atoms. The van der Waals surface area contributed by atoms with Crippen molar-refractivity contribution in [3.05, 3.63) is 64.7 Å². The predicted molar refractivity (Wildman–Crippen MR) is 75.3 cm³/mol. The third-order valence-electron chi connectivity index (χ3n) is 2.54. The Morgan fingerprint density at radius 3 is 2.32 bits per heavy atom. The first-order valence-corrected chi connectivity index (χ1v) is 6.80. The topological polar surface area (TPSA) is 9.23 Å². The molecule has 0 saturated carbocycles. The minimum atomic E-state index is -2.82. The molecular weight excluding hydrogens is 338 g/mol. The monoisotopic (exact) mass is 346 g/mol. The molecule has 0 fully saturated rings. The summed E-state index contributed by atoms with van der Waals surface area (Å²) >= 11 is 9.36. The van der Waals surface area contributed by atoms with Crippen molar-refractivity contribution in [2.45, 2.75) is 11.4 Å². The van der Waals surface area contributed by atoms with Crippen LogP contribution in [0.5, 0.6) is 5.75 Å². The average Bonchev–Trinajstić information content (AvgIpc) is 2.38. The molecule has 0 aromatic heterocycles. The molecule has 0 aliphatic heterocycles. The normalized spacial score (nSPS) is 12.5. The lowest BCUT2D eigenvalue weighted by Crippen LogP contribution is -2.02. The van der Waals surface area contributed by atoms with E-state index < -0.39 is 6.61 Å². The molecule has 5 heteroatoms. The maximum atomic E-state index is 12.2. The Balaban J connectivity index is 2.23. The molecule has 0 N–H and O–H groups in total. The van der Waals surface area contributed by atoms with Crippen LogP contribution in [-0.4, -0.2) is 6.61 Å². The van der Waals surface area contributed by atoms with Gasteiger partial charge in [0.1, 0.15) is 5.75 Å². The number of halogens is 4. The summed E-state index contributed by atoms with van der Waals surface area (Å²) in [5.74, 6) is 0.144. The number of ether oxygens (including phenoxy) is 1. The second kappa shape index (κ2) is 6.35. The Labute approximate surface area is 123 Å². The van der Waals surface area contributed by atoms with Gasteiger partial charge >= 0.3 is 6.61 Å². The molecular formula is C14H10BrClF2O. The van der Waals surface area contributed by atoms with Crippen molar-refractivity contribution in [2.75, 3.05) is 0 Å². The standard InChI is InChI=1S/C14H10BrClF2O/c15-13(9-4-6-11(16)7-5-9)10-2-1-3-12(8-10)19-14(17)18/h1-8,13-14H.